The van der Waals surface area contributed by atoms with Crippen LogP contribution < -0.4 is 0 Å². The summed E-state index contributed by atoms with van der Waals surface area (Å²) < 4.78 is 1.75. The van der Waals surface area contributed by atoms with E-state index in [4.69, 9.17) is 6.42 Å². The molecule has 0 saturated carbocycles. The zero-order chi connectivity index (χ0) is 14.3. The van der Waals surface area contributed by atoms with Gasteiger partial charge in [-0.1, -0.05) is 17.7 Å². The fourth-order valence-corrected chi connectivity index (χ4v) is 2.59. The fraction of sp³-hybridized carbons (Fsp3) is 0.538. The number of hydrogen-bond donors (Lipinski definition) is 1. The summed E-state index contributed by atoms with van der Waals surface area (Å²) in [7, 11) is 0. The van der Waals surface area contributed by atoms with Crippen LogP contribution in [0, 0.1) is 12.3 Å². The highest BCUT2D eigenvalue weighted by Crippen LogP contribution is 2.19. The van der Waals surface area contributed by atoms with Crippen LogP contribution >= 0.6 is 11.8 Å². The third kappa shape index (κ3) is 4.01. The number of nitrogens with zero attached hydrogens (tertiary/aromatic N) is 3. The maximum Gasteiger partial charge on any atom is 0.233 e. The molecule has 0 aliphatic heterocycles. The molecular formula is C13H19N3O2S. The molecule has 0 fully saturated rings. The van der Waals surface area contributed by atoms with Gasteiger partial charge in [0.25, 0.3) is 0 Å². The lowest BCUT2D eigenvalue weighted by Crippen LogP contribution is -2.31. The molecule has 1 amide bonds. The third-order valence-corrected chi connectivity index (χ3v) is 3.73. The average Bonchev–Trinajstić information content (AvgIpc) is 2.80. The smallest absolute Gasteiger partial charge is 0.233 e. The first-order valence-corrected chi connectivity index (χ1v) is 7.15. The Morgan fingerprint density at radius 2 is 2.26 bits per heavy atom. The summed E-state index contributed by atoms with van der Waals surface area (Å²) in [5.41, 5.74) is 0.663. The number of rotatable bonds is 7. The molecule has 5 nitrogen and oxygen atoms in total. The van der Waals surface area contributed by atoms with E-state index in [2.05, 4.69) is 10.9 Å². The Morgan fingerprint density at radius 1 is 1.58 bits per heavy atom. The molecule has 19 heavy (non-hydrogen) atoms. The average molecular weight is 281 g/mol. The van der Waals surface area contributed by atoms with Crippen LogP contribution in [-0.2, 0) is 17.9 Å². The number of aromatic nitrogens is 2. The number of imidazole rings is 1. The van der Waals surface area contributed by atoms with Crippen molar-refractivity contribution in [2.45, 2.75) is 32.2 Å². The summed E-state index contributed by atoms with van der Waals surface area (Å²) in [4.78, 5) is 17.9. The van der Waals surface area contributed by atoms with Gasteiger partial charge in [-0.15, -0.1) is 6.42 Å². The SMILES string of the molecule is C#CCn1c(CO)cnc1SCC(=O)N(CC)CC. The van der Waals surface area contributed by atoms with Crippen molar-refractivity contribution in [2.24, 2.45) is 0 Å². The maximum atomic E-state index is 11.9. The summed E-state index contributed by atoms with van der Waals surface area (Å²) in [6.07, 6.45) is 6.88. The Kier molecular flexibility index (Phi) is 6.46. The number of hydrogen-bond acceptors (Lipinski definition) is 4. The van der Waals surface area contributed by atoms with Gasteiger partial charge in [-0.25, -0.2) is 4.98 Å². The Morgan fingerprint density at radius 3 is 2.79 bits per heavy atom. The van der Waals surface area contributed by atoms with Crippen molar-refractivity contribution in [3.8, 4) is 12.3 Å². The number of carbonyl (C=O) groups is 1. The van der Waals surface area contributed by atoms with Gasteiger partial charge in [-0.3, -0.25) is 4.79 Å². The second-order valence-electron chi connectivity index (χ2n) is 3.84. The van der Waals surface area contributed by atoms with Crippen LogP contribution in [0.3, 0.4) is 0 Å². The highest BCUT2D eigenvalue weighted by molar-refractivity contribution is 7.99. The molecule has 0 aliphatic carbocycles. The maximum absolute atomic E-state index is 11.9. The molecule has 0 bridgehead atoms. The summed E-state index contributed by atoms with van der Waals surface area (Å²) in [6.45, 7) is 5.55. The lowest BCUT2D eigenvalue weighted by Gasteiger charge is -2.18. The molecule has 0 aromatic carbocycles. The van der Waals surface area contributed by atoms with Crippen molar-refractivity contribution in [1.82, 2.24) is 14.5 Å². The molecule has 0 radical (unpaired) electrons. The normalized spacial score (nSPS) is 10.2. The van der Waals surface area contributed by atoms with Gasteiger partial charge in [0.2, 0.25) is 5.91 Å². The molecule has 0 saturated heterocycles. The number of aliphatic hydroxyl groups excluding tert-OH is 1. The van der Waals surface area contributed by atoms with E-state index >= 15 is 0 Å². The summed E-state index contributed by atoms with van der Waals surface area (Å²) in [5, 5.41) is 9.86. The van der Waals surface area contributed by atoms with Crippen LogP contribution in [0.1, 0.15) is 19.5 Å². The van der Waals surface area contributed by atoms with Crippen molar-refractivity contribution in [2.75, 3.05) is 18.8 Å². The molecule has 0 spiro atoms. The molecule has 1 aromatic rings. The monoisotopic (exact) mass is 281 g/mol. The largest absolute Gasteiger partial charge is 0.390 e. The Labute approximate surface area is 118 Å². The zero-order valence-electron chi connectivity index (χ0n) is 11.3. The zero-order valence-corrected chi connectivity index (χ0v) is 12.1. The van der Waals surface area contributed by atoms with Crippen molar-refractivity contribution in [3.63, 3.8) is 0 Å². The highest BCUT2D eigenvalue weighted by Gasteiger charge is 2.14. The standard InChI is InChI=1S/C13H19N3O2S/c1-4-7-16-11(9-17)8-14-13(16)19-10-12(18)15(5-2)6-3/h1,8,17H,5-7,9-10H2,2-3H3. The van der Waals surface area contributed by atoms with Gasteiger partial charge >= 0.3 is 0 Å². The van der Waals surface area contributed by atoms with Crippen molar-refractivity contribution < 1.29 is 9.90 Å². The van der Waals surface area contributed by atoms with Crippen molar-refractivity contribution in [1.29, 1.82) is 0 Å². The van der Waals surface area contributed by atoms with E-state index in [-0.39, 0.29) is 12.5 Å². The van der Waals surface area contributed by atoms with Crippen LogP contribution in [0.2, 0.25) is 0 Å². The highest BCUT2D eigenvalue weighted by atomic mass is 32.2. The van der Waals surface area contributed by atoms with Gasteiger partial charge < -0.3 is 14.6 Å². The fourth-order valence-electron chi connectivity index (χ4n) is 1.69. The predicted molar refractivity (Wildman–Crippen MR) is 75.6 cm³/mol. The molecule has 0 unspecified atom stereocenters. The minimum Gasteiger partial charge on any atom is -0.390 e. The van der Waals surface area contributed by atoms with Crippen LogP contribution in [0.4, 0.5) is 0 Å². The Balaban J connectivity index is 2.70. The third-order valence-electron chi connectivity index (χ3n) is 2.75. The first-order valence-electron chi connectivity index (χ1n) is 6.17. The minimum atomic E-state index is -0.112. The second kappa shape index (κ2) is 7.87. The number of terminal acetylenes is 1. The number of thioether (sulfide) groups is 1. The van der Waals surface area contributed by atoms with E-state index in [0.717, 1.165) is 0 Å². The lowest BCUT2D eigenvalue weighted by atomic mass is 10.5. The van der Waals surface area contributed by atoms with Crippen molar-refractivity contribution >= 4 is 17.7 Å². The molecule has 6 heteroatoms. The lowest BCUT2D eigenvalue weighted by molar-refractivity contribution is -0.127. The summed E-state index contributed by atoms with van der Waals surface area (Å²) in [5.74, 6) is 2.93. The molecule has 0 aliphatic rings. The van der Waals surface area contributed by atoms with E-state index in [1.165, 1.54) is 11.8 Å². The van der Waals surface area contributed by atoms with E-state index in [0.29, 0.717) is 36.2 Å². The van der Waals surface area contributed by atoms with E-state index in [1.54, 1.807) is 15.7 Å². The van der Waals surface area contributed by atoms with Gasteiger partial charge in [0.15, 0.2) is 5.16 Å². The predicted octanol–water partition coefficient (Wildman–Crippen LogP) is 0.969. The van der Waals surface area contributed by atoms with Gasteiger partial charge in [0.1, 0.15) is 0 Å². The molecular weight excluding hydrogens is 262 g/mol. The van der Waals surface area contributed by atoms with Crippen LogP contribution in [0.15, 0.2) is 11.4 Å². The number of amides is 1. The molecule has 1 rings (SSSR count). The first-order chi connectivity index (χ1) is 9.17. The van der Waals surface area contributed by atoms with Crippen LogP contribution in [-0.4, -0.2) is 44.3 Å². The number of aliphatic hydroxyl groups is 1. The summed E-state index contributed by atoms with van der Waals surface area (Å²) in [6, 6.07) is 0. The molecule has 104 valence electrons. The van der Waals surface area contributed by atoms with Gasteiger partial charge in [-0.05, 0) is 13.8 Å². The summed E-state index contributed by atoms with van der Waals surface area (Å²) >= 11 is 1.34. The second-order valence-corrected chi connectivity index (χ2v) is 4.78. The molecule has 1 aromatic heterocycles. The van der Waals surface area contributed by atoms with E-state index < -0.39 is 0 Å². The molecule has 1 heterocycles. The van der Waals surface area contributed by atoms with E-state index in [1.807, 2.05) is 13.8 Å². The van der Waals surface area contributed by atoms with E-state index in [9.17, 15) is 9.90 Å². The van der Waals surface area contributed by atoms with Gasteiger partial charge in [-0.2, -0.15) is 0 Å². The first kappa shape index (κ1) is 15.6. The topological polar surface area (TPSA) is 58.4 Å². The van der Waals surface area contributed by atoms with Crippen molar-refractivity contribution in [3.05, 3.63) is 11.9 Å². The Bertz CT molecular complexity index is 461. The minimum absolute atomic E-state index is 0.0795. The van der Waals surface area contributed by atoms with Gasteiger partial charge in [0, 0.05) is 13.1 Å². The Hall–Kier alpha value is -1.45. The molecule has 0 atom stereocenters. The number of carbonyl (C=O) groups excluding carboxylic acids is 1. The quantitative estimate of drug-likeness (QED) is 0.597. The van der Waals surface area contributed by atoms with Gasteiger partial charge in [0.05, 0.1) is 30.8 Å². The van der Waals surface area contributed by atoms with Crippen LogP contribution in [0.25, 0.3) is 0 Å². The molecule has 1 N–H and O–H groups in total. The van der Waals surface area contributed by atoms with Crippen LogP contribution in [0.5, 0.6) is 0 Å².